The number of nitrogens with one attached hydrogen (secondary N) is 1. The minimum absolute atomic E-state index is 0.0167. The minimum atomic E-state index is -4.52. The van der Waals surface area contributed by atoms with Crippen molar-refractivity contribution >= 4 is 5.91 Å². The second-order valence-electron chi connectivity index (χ2n) is 7.09. The smallest absolute Gasteiger partial charge is 0.396 e. The Labute approximate surface area is 144 Å². The number of aliphatic hydroxyl groups is 1. The molecule has 1 amide bonds. The third-order valence-electron chi connectivity index (χ3n) is 5.54. The standard InChI is InChI=1S/C16H23F3N4O2/c1-11-6-13(16(17,18)19)21-23(11)8-14(25)22-7-12(9-24)15(10-22)2-4-20-5-3-15/h6,12,20,24H,2-5,7-10H2,1H3. The van der Waals surface area contributed by atoms with Gasteiger partial charge in [-0.3, -0.25) is 9.48 Å². The summed E-state index contributed by atoms with van der Waals surface area (Å²) >= 11 is 0. The molecular formula is C16H23F3N4O2. The Hall–Kier alpha value is -1.61. The Bertz CT molecular complexity index is 638. The summed E-state index contributed by atoms with van der Waals surface area (Å²) in [4.78, 5) is 14.3. The van der Waals surface area contributed by atoms with Crippen LogP contribution in [-0.2, 0) is 17.5 Å². The van der Waals surface area contributed by atoms with Gasteiger partial charge in [-0.1, -0.05) is 0 Å². The molecule has 2 fully saturated rings. The molecule has 25 heavy (non-hydrogen) atoms. The Morgan fingerprint density at radius 1 is 1.44 bits per heavy atom. The van der Waals surface area contributed by atoms with Gasteiger partial charge in [0.25, 0.3) is 0 Å². The topological polar surface area (TPSA) is 70.4 Å². The monoisotopic (exact) mass is 360 g/mol. The van der Waals surface area contributed by atoms with Crippen molar-refractivity contribution < 1.29 is 23.1 Å². The Balaban J connectivity index is 1.71. The van der Waals surface area contributed by atoms with E-state index >= 15 is 0 Å². The lowest BCUT2D eigenvalue weighted by Gasteiger charge is -2.37. The highest BCUT2D eigenvalue weighted by atomic mass is 19.4. The lowest BCUT2D eigenvalue weighted by Crippen LogP contribution is -2.43. The first-order valence-electron chi connectivity index (χ1n) is 8.46. The average molecular weight is 360 g/mol. The number of piperidine rings is 1. The number of hydrogen-bond donors (Lipinski definition) is 2. The first-order chi connectivity index (χ1) is 11.7. The molecule has 0 radical (unpaired) electrons. The van der Waals surface area contributed by atoms with Gasteiger partial charge in [-0.05, 0) is 44.3 Å². The van der Waals surface area contributed by atoms with Crippen LogP contribution in [0.5, 0.6) is 0 Å². The number of nitrogens with zero attached hydrogens (tertiary/aromatic N) is 3. The molecule has 3 heterocycles. The number of rotatable bonds is 3. The summed E-state index contributed by atoms with van der Waals surface area (Å²) in [6.07, 6.45) is -2.74. The quantitative estimate of drug-likeness (QED) is 0.845. The maximum atomic E-state index is 12.8. The molecule has 1 unspecified atom stereocenters. The molecule has 2 aliphatic rings. The van der Waals surface area contributed by atoms with E-state index in [9.17, 15) is 23.1 Å². The van der Waals surface area contributed by atoms with E-state index in [2.05, 4.69) is 10.4 Å². The van der Waals surface area contributed by atoms with E-state index in [0.29, 0.717) is 18.8 Å². The highest BCUT2D eigenvalue weighted by molar-refractivity contribution is 5.76. The van der Waals surface area contributed by atoms with E-state index in [1.54, 1.807) is 4.90 Å². The van der Waals surface area contributed by atoms with Crippen LogP contribution < -0.4 is 5.32 Å². The van der Waals surface area contributed by atoms with Gasteiger partial charge in [0.15, 0.2) is 5.69 Å². The SMILES string of the molecule is Cc1cc(C(F)(F)F)nn1CC(=O)N1CC(CO)C2(CCNCC2)C1. The molecule has 2 aliphatic heterocycles. The Kier molecular flexibility index (Phi) is 4.80. The lowest BCUT2D eigenvalue weighted by atomic mass is 9.71. The zero-order valence-corrected chi connectivity index (χ0v) is 14.1. The van der Waals surface area contributed by atoms with Crippen LogP contribution in [0.1, 0.15) is 24.2 Å². The molecule has 0 aliphatic carbocycles. The second kappa shape index (κ2) is 6.60. The van der Waals surface area contributed by atoms with Crippen LogP contribution in [0.3, 0.4) is 0 Å². The van der Waals surface area contributed by atoms with Gasteiger partial charge >= 0.3 is 6.18 Å². The Morgan fingerprint density at radius 2 is 2.12 bits per heavy atom. The van der Waals surface area contributed by atoms with Crippen molar-refractivity contribution in [3.05, 3.63) is 17.5 Å². The lowest BCUT2D eigenvalue weighted by molar-refractivity contribution is -0.142. The van der Waals surface area contributed by atoms with Crippen molar-refractivity contribution in [3.63, 3.8) is 0 Å². The van der Waals surface area contributed by atoms with Crippen molar-refractivity contribution in [3.8, 4) is 0 Å². The zero-order valence-electron chi connectivity index (χ0n) is 14.1. The van der Waals surface area contributed by atoms with Gasteiger partial charge in [0.05, 0.1) is 0 Å². The van der Waals surface area contributed by atoms with E-state index in [1.807, 2.05) is 0 Å². The van der Waals surface area contributed by atoms with Crippen molar-refractivity contribution in [1.82, 2.24) is 20.0 Å². The maximum absolute atomic E-state index is 12.8. The van der Waals surface area contributed by atoms with Gasteiger partial charge in [-0.2, -0.15) is 18.3 Å². The predicted octanol–water partition coefficient (Wildman–Crippen LogP) is 1.03. The van der Waals surface area contributed by atoms with Crippen LogP contribution in [0, 0.1) is 18.3 Å². The molecule has 9 heteroatoms. The van der Waals surface area contributed by atoms with Gasteiger partial charge in [0.2, 0.25) is 5.91 Å². The van der Waals surface area contributed by atoms with Crippen molar-refractivity contribution in [1.29, 1.82) is 0 Å². The van der Waals surface area contributed by atoms with E-state index in [-0.39, 0.29) is 30.4 Å². The van der Waals surface area contributed by atoms with Gasteiger partial charge in [-0.25, -0.2) is 0 Å². The highest BCUT2D eigenvalue weighted by Crippen LogP contribution is 2.43. The number of carbonyl (C=O) groups is 1. The number of aliphatic hydroxyl groups excluding tert-OH is 1. The van der Waals surface area contributed by atoms with E-state index in [4.69, 9.17) is 0 Å². The molecule has 0 bridgehead atoms. The van der Waals surface area contributed by atoms with Crippen molar-refractivity contribution in [2.45, 2.75) is 32.5 Å². The first-order valence-corrected chi connectivity index (χ1v) is 8.46. The number of halogens is 3. The number of likely N-dealkylation sites (tertiary alicyclic amines) is 1. The van der Waals surface area contributed by atoms with Crippen molar-refractivity contribution in [2.75, 3.05) is 32.8 Å². The molecule has 140 valence electrons. The number of alkyl halides is 3. The molecule has 1 aromatic heterocycles. The van der Waals surface area contributed by atoms with Crippen LogP contribution >= 0.6 is 0 Å². The molecule has 0 aromatic carbocycles. The fourth-order valence-electron chi connectivity index (χ4n) is 4.00. The predicted molar refractivity (Wildman–Crippen MR) is 83.7 cm³/mol. The van der Waals surface area contributed by atoms with Gasteiger partial charge < -0.3 is 15.3 Å². The van der Waals surface area contributed by atoms with Crippen LogP contribution in [0.25, 0.3) is 0 Å². The van der Waals surface area contributed by atoms with Crippen LogP contribution in [0.4, 0.5) is 13.2 Å². The van der Waals surface area contributed by atoms with Gasteiger partial charge in [0, 0.05) is 31.3 Å². The molecule has 6 nitrogen and oxygen atoms in total. The molecule has 3 rings (SSSR count). The molecule has 2 N–H and O–H groups in total. The fraction of sp³-hybridized carbons (Fsp3) is 0.750. The summed E-state index contributed by atoms with van der Waals surface area (Å²) in [5, 5.41) is 16.5. The molecule has 0 saturated carbocycles. The number of aromatic nitrogens is 2. The van der Waals surface area contributed by atoms with Gasteiger partial charge in [0.1, 0.15) is 6.54 Å². The molecule has 1 aromatic rings. The maximum Gasteiger partial charge on any atom is 0.435 e. The normalized spacial score (nSPS) is 23.4. The van der Waals surface area contributed by atoms with Crippen LogP contribution in [0.2, 0.25) is 0 Å². The average Bonchev–Trinajstić information content (AvgIpc) is 3.09. The summed E-state index contributed by atoms with van der Waals surface area (Å²) in [6.45, 7) is 4.01. The van der Waals surface area contributed by atoms with E-state index in [1.165, 1.54) is 6.92 Å². The fourth-order valence-corrected chi connectivity index (χ4v) is 4.00. The minimum Gasteiger partial charge on any atom is -0.396 e. The number of hydrogen-bond acceptors (Lipinski definition) is 4. The molecule has 1 spiro atoms. The summed E-state index contributed by atoms with van der Waals surface area (Å²) in [5.74, 6) is -0.239. The van der Waals surface area contributed by atoms with Gasteiger partial charge in [-0.15, -0.1) is 0 Å². The summed E-state index contributed by atoms with van der Waals surface area (Å²) in [6, 6.07) is 0.947. The third kappa shape index (κ3) is 3.52. The first kappa shape index (κ1) is 18.2. The van der Waals surface area contributed by atoms with E-state index < -0.39 is 11.9 Å². The number of aryl methyl sites for hydroxylation is 1. The summed E-state index contributed by atoms with van der Waals surface area (Å²) < 4.78 is 39.4. The zero-order chi connectivity index (χ0) is 18.2. The van der Waals surface area contributed by atoms with Crippen molar-refractivity contribution in [2.24, 2.45) is 11.3 Å². The highest BCUT2D eigenvalue weighted by Gasteiger charge is 2.47. The second-order valence-corrected chi connectivity index (χ2v) is 7.09. The summed E-state index contributed by atoms with van der Waals surface area (Å²) in [7, 11) is 0. The molecule has 2 saturated heterocycles. The largest absolute Gasteiger partial charge is 0.435 e. The molecule has 1 atom stereocenters. The third-order valence-corrected chi connectivity index (χ3v) is 5.54. The summed E-state index contributed by atoms with van der Waals surface area (Å²) in [5.41, 5.74) is -0.774. The van der Waals surface area contributed by atoms with Crippen LogP contribution in [0.15, 0.2) is 6.07 Å². The van der Waals surface area contributed by atoms with Crippen LogP contribution in [-0.4, -0.2) is 58.5 Å². The molecular weight excluding hydrogens is 337 g/mol. The van der Waals surface area contributed by atoms with E-state index in [0.717, 1.165) is 36.7 Å². The Morgan fingerprint density at radius 3 is 2.68 bits per heavy atom. The number of carbonyl (C=O) groups excluding carboxylic acids is 1. The number of amides is 1.